The standard InChI is InChI=1S/C18H21FN4O.2C2HF3O2/c19-15-4-1-3-13(7-15)9-23-10-16-14(12-24-17(16)11-23)8-22-18-20-5-2-6-21-18;2*3-2(4,5)1(6)7/h1-7,14,16-17H,8-12H2,(H,20,21,22);2*(H,6,7)/t14-,16+,17+;;/m0../s1. The molecule has 0 spiro atoms. The number of benzene rings is 1. The molecule has 0 saturated carbocycles. The summed E-state index contributed by atoms with van der Waals surface area (Å²) in [4.78, 5) is 28.5. The lowest BCUT2D eigenvalue weighted by Crippen LogP contribution is -2.27. The molecule has 2 fully saturated rings. The highest BCUT2D eigenvalue weighted by Gasteiger charge is 2.43. The second-order valence-electron chi connectivity index (χ2n) is 8.18. The molecule has 9 nitrogen and oxygen atoms in total. The van der Waals surface area contributed by atoms with Gasteiger partial charge in [-0.3, -0.25) is 4.90 Å². The lowest BCUT2D eigenvalue weighted by atomic mass is 9.93. The van der Waals surface area contributed by atoms with Crippen molar-refractivity contribution in [2.75, 3.05) is 31.6 Å². The zero-order chi connectivity index (χ0) is 28.5. The fraction of sp³-hybridized carbons (Fsp3) is 0.455. The van der Waals surface area contributed by atoms with E-state index < -0.39 is 24.3 Å². The molecule has 210 valence electrons. The minimum absolute atomic E-state index is 0.173. The molecular weight excluding hydrogens is 533 g/mol. The molecule has 0 bridgehead atoms. The highest BCUT2D eigenvalue weighted by Crippen LogP contribution is 2.34. The van der Waals surface area contributed by atoms with Crippen LogP contribution in [-0.2, 0) is 20.9 Å². The van der Waals surface area contributed by atoms with Crippen LogP contribution in [0, 0.1) is 17.7 Å². The number of ether oxygens (including phenoxy) is 1. The summed E-state index contributed by atoms with van der Waals surface area (Å²) in [5.41, 5.74) is 1.02. The van der Waals surface area contributed by atoms with Gasteiger partial charge >= 0.3 is 24.3 Å². The fourth-order valence-electron chi connectivity index (χ4n) is 3.73. The number of hydrogen-bond acceptors (Lipinski definition) is 7. The van der Waals surface area contributed by atoms with Gasteiger partial charge in [-0.05, 0) is 23.8 Å². The number of carbonyl (C=O) groups is 2. The third-order valence-electron chi connectivity index (χ3n) is 5.38. The summed E-state index contributed by atoms with van der Waals surface area (Å²) < 4.78 is 82.8. The molecule has 1 aromatic carbocycles. The Bertz CT molecular complexity index is 1030. The smallest absolute Gasteiger partial charge is 0.475 e. The third-order valence-corrected chi connectivity index (χ3v) is 5.38. The van der Waals surface area contributed by atoms with E-state index in [-0.39, 0.29) is 11.9 Å². The zero-order valence-electron chi connectivity index (χ0n) is 19.4. The summed E-state index contributed by atoms with van der Waals surface area (Å²) in [6.07, 6.45) is -6.42. The van der Waals surface area contributed by atoms with Crippen LogP contribution in [0.5, 0.6) is 0 Å². The second kappa shape index (κ2) is 13.3. The Hall–Kier alpha value is -3.53. The quantitative estimate of drug-likeness (QED) is 0.475. The number of likely N-dealkylation sites (tertiary alicyclic amines) is 1. The molecule has 2 aliphatic rings. The number of alkyl halides is 6. The van der Waals surface area contributed by atoms with E-state index in [0.29, 0.717) is 17.8 Å². The van der Waals surface area contributed by atoms with E-state index >= 15 is 0 Å². The van der Waals surface area contributed by atoms with Gasteiger partial charge in [0.25, 0.3) is 0 Å². The summed E-state index contributed by atoms with van der Waals surface area (Å²) in [5.74, 6) is -4.06. The van der Waals surface area contributed by atoms with Gasteiger partial charge < -0.3 is 20.3 Å². The van der Waals surface area contributed by atoms with Crippen LogP contribution in [0.15, 0.2) is 42.7 Å². The number of halogens is 7. The van der Waals surface area contributed by atoms with Crippen molar-refractivity contribution in [1.82, 2.24) is 14.9 Å². The third kappa shape index (κ3) is 10.1. The van der Waals surface area contributed by atoms with Gasteiger partial charge in [-0.2, -0.15) is 26.3 Å². The Morgan fingerprint density at radius 2 is 1.58 bits per heavy atom. The number of nitrogens with zero attached hydrogens (tertiary/aromatic N) is 3. The SMILES string of the molecule is Fc1cccc(CN2C[C@@H]3[C@@H](CNc4ncccn4)CO[C@@H]3C2)c1.O=C(O)C(F)(F)F.O=C(O)C(F)(F)F. The number of carboxylic acid groups (broad SMARTS) is 2. The molecule has 3 N–H and O–H groups in total. The van der Waals surface area contributed by atoms with Crippen LogP contribution in [0.2, 0.25) is 0 Å². The zero-order valence-corrected chi connectivity index (χ0v) is 19.4. The van der Waals surface area contributed by atoms with Gasteiger partial charge in [-0.25, -0.2) is 23.9 Å². The number of aromatic nitrogens is 2. The van der Waals surface area contributed by atoms with Crippen molar-refractivity contribution in [1.29, 1.82) is 0 Å². The number of carboxylic acids is 2. The highest BCUT2D eigenvalue weighted by atomic mass is 19.4. The summed E-state index contributed by atoms with van der Waals surface area (Å²) in [6, 6.07) is 8.65. The maximum absolute atomic E-state index is 13.3. The molecule has 2 aliphatic heterocycles. The Balaban J connectivity index is 0.000000301. The molecule has 1 aromatic heterocycles. The van der Waals surface area contributed by atoms with Gasteiger partial charge in [0.2, 0.25) is 5.95 Å². The van der Waals surface area contributed by atoms with Crippen molar-refractivity contribution < 1.29 is 55.3 Å². The maximum Gasteiger partial charge on any atom is 0.490 e. The van der Waals surface area contributed by atoms with Gasteiger partial charge in [0, 0.05) is 50.4 Å². The van der Waals surface area contributed by atoms with E-state index in [4.69, 9.17) is 24.5 Å². The Morgan fingerprint density at radius 3 is 2.11 bits per heavy atom. The average Bonchev–Trinajstić information content (AvgIpc) is 3.38. The second-order valence-corrected chi connectivity index (χ2v) is 8.18. The minimum Gasteiger partial charge on any atom is -0.475 e. The van der Waals surface area contributed by atoms with E-state index in [1.165, 1.54) is 6.07 Å². The van der Waals surface area contributed by atoms with Gasteiger partial charge in [0.15, 0.2) is 0 Å². The Kier molecular flexibility index (Phi) is 10.8. The Labute approximate surface area is 211 Å². The number of fused-ring (bicyclic) bond motifs is 1. The first-order valence-corrected chi connectivity index (χ1v) is 10.9. The Morgan fingerprint density at radius 1 is 1.00 bits per heavy atom. The number of rotatable bonds is 5. The summed E-state index contributed by atoms with van der Waals surface area (Å²) in [6.45, 7) is 4.28. The molecule has 0 radical (unpaired) electrons. The average molecular weight is 556 g/mol. The lowest BCUT2D eigenvalue weighted by Gasteiger charge is -2.20. The van der Waals surface area contributed by atoms with Crippen LogP contribution < -0.4 is 5.32 Å². The first kappa shape index (κ1) is 30.7. The van der Waals surface area contributed by atoms with E-state index in [1.54, 1.807) is 30.6 Å². The number of nitrogens with one attached hydrogen (secondary N) is 1. The predicted octanol–water partition coefficient (Wildman–Crippen LogP) is 3.44. The van der Waals surface area contributed by atoms with E-state index in [0.717, 1.165) is 38.3 Å². The van der Waals surface area contributed by atoms with Crippen LogP contribution in [0.25, 0.3) is 0 Å². The number of aliphatic carboxylic acids is 2. The van der Waals surface area contributed by atoms with Crippen molar-refractivity contribution in [3.05, 3.63) is 54.1 Å². The molecule has 2 aromatic rings. The van der Waals surface area contributed by atoms with Gasteiger partial charge in [0.1, 0.15) is 5.82 Å². The van der Waals surface area contributed by atoms with E-state index in [2.05, 4.69) is 20.2 Å². The molecule has 3 heterocycles. The van der Waals surface area contributed by atoms with Crippen LogP contribution in [0.1, 0.15) is 5.56 Å². The number of anilines is 1. The van der Waals surface area contributed by atoms with Crippen LogP contribution in [0.4, 0.5) is 36.7 Å². The van der Waals surface area contributed by atoms with Crippen molar-refractivity contribution in [3.63, 3.8) is 0 Å². The van der Waals surface area contributed by atoms with Gasteiger partial charge in [-0.15, -0.1) is 0 Å². The normalized spacial score (nSPS) is 20.9. The highest BCUT2D eigenvalue weighted by molar-refractivity contribution is 5.73. The number of hydrogen-bond donors (Lipinski definition) is 3. The molecule has 2 saturated heterocycles. The predicted molar refractivity (Wildman–Crippen MR) is 116 cm³/mol. The lowest BCUT2D eigenvalue weighted by molar-refractivity contribution is -0.193. The maximum atomic E-state index is 13.3. The van der Waals surface area contributed by atoms with Crippen LogP contribution in [0.3, 0.4) is 0 Å². The molecule has 3 atom stereocenters. The molecule has 0 unspecified atom stereocenters. The van der Waals surface area contributed by atoms with Crippen molar-refractivity contribution in [2.45, 2.75) is 25.0 Å². The monoisotopic (exact) mass is 556 g/mol. The van der Waals surface area contributed by atoms with Gasteiger partial charge in [0.05, 0.1) is 12.7 Å². The molecule has 0 aliphatic carbocycles. The minimum atomic E-state index is -5.08. The molecule has 0 amide bonds. The summed E-state index contributed by atoms with van der Waals surface area (Å²) >= 11 is 0. The molecule has 4 rings (SSSR count). The summed E-state index contributed by atoms with van der Waals surface area (Å²) in [5, 5.41) is 17.6. The fourth-order valence-corrected chi connectivity index (χ4v) is 3.73. The van der Waals surface area contributed by atoms with Crippen molar-refractivity contribution in [2.24, 2.45) is 11.8 Å². The van der Waals surface area contributed by atoms with Crippen molar-refractivity contribution in [3.8, 4) is 0 Å². The topological polar surface area (TPSA) is 125 Å². The molecular formula is C22H23F7N4O5. The summed E-state index contributed by atoms with van der Waals surface area (Å²) in [7, 11) is 0. The van der Waals surface area contributed by atoms with Crippen LogP contribution >= 0.6 is 0 Å². The first-order chi connectivity index (χ1) is 17.7. The first-order valence-electron chi connectivity index (χ1n) is 10.9. The van der Waals surface area contributed by atoms with Crippen molar-refractivity contribution >= 4 is 17.9 Å². The van der Waals surface area contributed by atoms with Crippen LogP contribution in [-0.4, -0.2) is 81.7 Å². The molecule has 38 heavy (non-hydrogen) atoms. The van der Waals surface area contributed by atoms with E-state index in [1.807, 2.05) is 6.07 Å². The largest absolute Gasteiger partial charge is 0.490 e. The van der Waals surface area contributed by atoms with E-state index in [9.17, 15) is 30.7 Å². The molecule has 16 heteroatoms. The van der Waals surface area contributed by atoms with Gasteiger partial charge in [-0.1, -0.05) is 12.1 Å².